The average Bonchev–Trinajstić information content (AvgIpc) is 3.16. The Morgan fingerprint density at radius 2 is 1.52 bits per heavy atom. The maximum absolute atomic E-state index is 13.1. The van der Waals surface area contributed by atoms with Crippen LogP contribution in [-0.4, -0.2) is 25.7 Å². The third-order valence-corrected chi connectivity index (χ3v) is 4.60. The summed E-state index contributed by atoms with van der Waals surface area (Å²) in [6, 6.07) is 25.1. The Kier molecular flexibility index (Phi) is 5.06. The number of ether oxygens (including phenoxy) is 2. The van der Waals surface area contributed by atoms with E-state index in [2.05, 4.69) is 6.07 Å². The van der Waals surface area contributed by atoms with E-state index in [0.29, 0.717) is 31.1 Å². The lowest BCUT2D eigenvalue weighted by atomic mass is 10.1. The molecule has 0 saturated carbocycles. The van der Waals surface area contributed by atoms with Gasteiger partial charge in [0.15, 0.2) is 0 Å². The molecule has 0 saturated heterocycles. The number of amides is 1. The van der Waals surface area contributed by atoms with E-state index in [1.165, 1.54) is 5.56 Å². The van der Waals surface area contributed by atoms with Crippen LogP contribution in [0.1, 0.15) is 15.9 Å². The van der Waals surface area contributed by atoms with Crippen LogP contribution in [0.2, 0.25) is 0 Å². The lowest BCUT2D eigenvalue weighted by Gasteiger charge is -2.19. The van der Waals surface area contributed by atoms with Crippen molar-refractivity contribution < 1.29 is 14.3 Å². The van der Waals surface area contributed by atoms with E-state index < -0.39 is 0 Å². The predicted octanol–water partition coefficient (Wildman–Crippen LogP) is 4.35. The monoisotopic (exact) mass is 359 g/mol. The number of hydrogen-bond donors (Lipinski definition) is 0. The summed E-state index contributed by atoms with van der Waals surface area (Å²) in [6.07, 6.45) is 0.885. The molecule has 1 heterocycles. The van der Waals surface area contributed by atoms with Gasteiger partial charge in [0, 0.05) is 12.2 Å². The molecule has 0 N–H and O–H groups in total. The molecule has 4 rings (SSSR count). The van der Waals surface area contributed by atoms with Crippen LogP contribution < -0.4 is 14.4 Å². The molecule has 27 heavy (non-hydrogen) atoms. The Hall–Kier alpha value is -3.27. The molecule has 1 amide bonds. The highest BCUT2D eigenvalue weighted by Crippen LogP contribution is 2.30. The zero-order chi connectivity index (χ0) is 18.5. The molecule has 0 aromatic heterocycles. The molecule has 3 aromatic rings. The standard InChI is InChI=1S/C23H21NO3/c25-23(24-15-14-18-8-4-6-12-21(18)24)20-11-5-7-13-22(20)27-17-16-26-19-9-2-1-3-10-19/h1-13H,14-17H2. The number of benzene rings is 3. The molecular weight excluding hydrogens is 338 g/mol. The van der Waals surface area contributed by atoms with Gasteiger partial charge in [-0.25, -0.2) is 0 Å². The van der Waals surface area contributed by atoms with E-state index in [1.807, 2.05) is 77.7 Å². The molecule has 136 valence electrons. The van der Waals surface area contributed by atoms with Crippen molar-refractivity contribution in [2.24, 2.45) is 0 Å². The van der Waals surface area contributed by atoms with Crippen molar-refractivity contribution in [3.63, 3.8) is 0 Å². The van der Waals surface area contributed by atoms with Gasteiger partial charge in [0.05, 0.1) is 5.56 Å². The molecule has 4 heteroatoms. The lowest BCUT2D eigenvalue weighted by Crippen LogP contribution is -2.29. The highest BCUT2D eigenvalue weighted by atomic mass is 16.5. The number of nitrogens with zero attached hydrogens (tertiary/aromatic N) is 1. The molecule has 3 aromatic carbocycles. The summed E-state index contributed by atoms with van der Waals surface area (Å²) in [5.74, 6) is 1.36. The molecule has 1 aliphatic heterocycles. The van der Waals surface area contributed by atoms with Crippen molar-refractivity contribution >= 4 is 11.6 Å². The highest BCUT2D eigenvalue weighted by molar-refractivity contribution is 6.08. The zero-order valence-corrected chi connectivity index (χ0v) is 15.0. The minimum Gasteiger partial charge on any atom is -0.490 e. The van der Waals surface area contributed by atoms with Gasteiger partial charge in [-0.3, -0.25) is 4.79 Å². The summed E-state index contributed by atoms with van der Waals surface area (Å²) >= 11 is 0. The number of anilines is 1. The van der Waals surface area contributed by atoms with Crippen molar-refractivity contribution in [1.82, 2.24) is 0 Å². The van der Waals surface area contributed by atoms with Crippen molar-refractivity contribution in [3.8, 4) is 11.5 Å². The van der Waals surface area contributed by atoms with Gasteiger partial charge in [-0.2, -0.15) is 0 Å². The van der Waals surface area contributed by atoms with E-state index in [0.717, 1.165) is 17.9 Å². The van der Waals surface area contributed by atoms with Crippen LogP contribution in [0.25, 0.3) is 0 Å². The van der Waals surface area contributed by atoms with Gasteiger partial charge >= 0.3 is 0 Å². The fourth-order valence-corrected chi connectivity index (χ4v) is 3.29. The Morgan fingerprint density at radius 1 is 0.815 bits per heavy atom. The minimum atomic E-state index is -0.0282. The summed E-state index contributed by atoms with van der Waals surface area (Å²) in [5, 5.41) is 0. The van der Waals surface area contributed by atoms with E-state index in [4.69, 9.17) is 9.47 Å². The fourth-order valence-electron chi connectivity index (χ4n) is 3.29. The molecule has 0 aliphatic carbocycles. The van der Waals surface area contributed by atoms with E-state index >= 15 is 0 Å². The lowest BCUT2D eigenvalue weighted by molar-refractivity contribution is 0.0984. The summed E-state index contributed by atoms with van der Waals surface area (Å²) in [7, 11) is 0. The summed E-state index contributed by atoms with van der Waals surface area (Å²) in [4.78, 5) is 14.9. The first-order valence-corrected chi connectivity index (χ1v) is 9.12. The molecule has 0 bridgehead atoms. The van der Waals surface area contributed by atoms with Crippen LogP contribution in [0, 0.1) is 0 Å². The Labute approximate surface area is 159 Å². The number of para-hydroxylation sites is 3. The van der Waals surface area contributed by atoms with Crippen molar-refractivity contribution in [3.05, 3.63) is 90.0 Å². The van der Waals surface area contributed by atoms with Crippen LogP contribution in [0.5, 0.6) is 11.5 Å². The zero-order valence-electron chi connectivity index (χ0n) is 15.0. The predicted molar refractivity (Wildman–Crippen MR) is 106 cm³/mol. The van der Waals surface area contributed by atoms with Crippen LogP contribution in [-0.2, 0) is 6.42 Å². The number of fused-ring (bicyclic) bond motifs is 1. The third-order valence-electron chi connectivity index (χ3n) is 4.60. The quantitative estimate of drug-likeness (QED) is 0.614. The maximum Gasteiger partial charge on any atom is 0.262 e. The fraction of sp³-hybridized carbons (Fsp3) is 0.174. The largest absolute Gasteiger partial charge is 0.490 e. The SMILES string of the molecule is O=C(c1ccccc1OCCOc1ccccc1)N1CCc2ccccc21. The molecule has 0 unspecified atom stereocenters. The second kappa shape index (κ2) is 7.96. The topological polar surface area (TPSA) is 38.8 Å². The van der Waals surface area contributed by atoms with Crippen molar-refractivity contribution in [2.45, 2.75) is 6.42 Å². The highest BCUT2D eigenvalue weighted by Gasteiger charge is 2.26. The first-order valence-electron chi connectivity index (χ1n) is 9.12. The van der Waals surface area contributed by atoms with E-state index in [1.54, 1.807) is 0 Å². The maximum atomic E-state index is 13.1. The van der Waals surface area contributed by atoms with Gasteiger partial charge in [-0.05, 0) is 42.3 Å². The second-order valence-electron chi connectivity index (χ2n) is 6.34. The van der Waals surface area contributed by atoms with Gasteiger partial charge in [0.1, 0.15) is 24.7 Å². The molecule has 0 atom stereocenters. The first-order chi connectivity index (χ1) is 13.3. The molecule has 4 nitrogen and oxygen atoms in total. The average molecular weight is 359 g/mol. The van der Waals surface area contributed by atoms with Crippen LogP contribution in [0.4, 0.5) is 5.69 Å². The Balaban J connectivity index is 1.43. The summed E-state index contributed by atoms with van der Waals surface area (Å²) < 4.78 is 11.5. The van der Waals surface area contributed by atoms with Crippen molar-refractivity contribution in [2.75, 3.05) is 24.7 Å². The van der Waals surface area contributed by atoms with Crippen LogP contribution >= 0.6 is 0 Å². The van der Waals surface area contributed by atoms with Gasteiger partial charge in [0.2, 0.25) is 0 Å². The second-order valence-corrected chi connectivity index (χ2v) is 6.34. The number of hydrogen-bond acceptors (Lipinski definition) is 3. The molecule has 0 radical (unpaired) electrons. The molecule has 0 spiro atoms. The van der Waals surface area contributed by atoms with Gasteiger partial charge in [0.25, 0.3) is 5.91 Å². The first kappa shape index (κ1) is 17.2. The number of rotatable bonds is 6. The van der Waals surface area contributed by atoms with Crippen LogP contribution in [0.3, 0.4) is 0 Å². The summed E-state index contributed by atoms with van der Waals surface area (Å²) in [6.45, 7) is 1.48. The molecule has 0 fully saturated rings. The Bertz CT molecular complexity index is 924. The van der Waals surface area contributed by atoms with Gasteiger partial charge in [-0.15, -0.1) is 0 Å². The van der Waals surface area contributed by atoms with Gasteiger partial charge in [-0.1, -0.05) is 48.5 Å². The molecular formula is C23H21NO3. The molecule has 1 aliphatic rings. The number of carbonyl (C=O) groups excluding carboxylic acids is 1. The van der Waals surface area contributed by atoms with Gasteiger partial charge < -0.3 is 14.4 Å². The summed E-state index contributed by atoms with van der Waals surface area (Å²) in [5.41, 5.74) is 2.78. The third kappa shape index (κ3) is 3.80. The van der Waals surface area contributed by atoms with E-state index in [9.17, 15) is 4.79 Å². The van der Waals surface area contributed by atoms with Crippen LogP contribution in [0.15, 0.2) is 78.9 Å². The van der Waals surface area contributed by atoms with Crippen molar-refractivity contribution in [1.29, 1.82) is 0 Å². The smallest absolute Gasteiger partial charge is 0.262 e. The normalized spacial score (nSPS) is 12.5. The number of carbonyl (C=O) groups is 1. The minimum absolute atomic E-state index is 0.0282. The van der Waals surface area contributed by atoms with E-state index in [-0.39, 0.29) is 5.91 Å². The Morgan fingerprint density at radius 3 is 2.41 bits per heavy atom.